The highest BCUT2D eigenvalue weighted by Crippen LogP contribution is 2.39. The van der Waals surface area contributed by atoms with Gasteiger partial charge in [-0.05, 0) is 41.1 Å². The predicted molar refractivity (Wildman–Crippen MR) is 72.8 cm³/mol. The summed E-state index contributed by atoms with van der Waals surface area (Å²) < 4.78 is 26.3. The first-order valence-corrected chi connectivity index (χ1v) is 7.08. The minimum Gasteiger partial charge on any atom is -0.204 e. The highest BCUT2D eigenvalue weighted by atomic mass is 35.5. The van der Waals surface area contributed by atoms with E-state index in [9.17, 15) is 8.78 Å². The summed E-state index contributed by atoms with van der Waals surface area (Å²) in [4.78, 5) is 0.923. The summed E-state index contributed by atoms with van der Waals surface area (Å²) in [6, 6.07) is 4.00. The molecule has 0 aliphatic rings. The van der Waals surface area contributed by atoms with Gasteiger partial charge in [-0.1, -0.05) is 18.5 Å². The van der Waals surface area contributed by atoms with Crippen LogP contribution in [0, 0.1) is 11.6 Å². The van der Waals surface area contributed by atoms with Crippen LogP contribution in [0.2, 0.25) is 5.02 Å². The molecular formula is C13H10Cl2F2S. The molecule has 0 spiro atoms. The predicted octanol–water partition coefficient (Wildman–Crippen LogP) is 5.57. The average molecular weight is 307 g/mol. The van der Waals surface area contributed by atoms with E-state index in [4.69, 9.17) is 23.2 Å². The second-order valence-electron chi connectivity index (χ2n) is 3.81. The maximum atomic E-state index is 13.3. The normalized spacial score (nSPS) is 12.7. The first kappa shape index (κ1) is 13.8. The number of alkyl halides is 1. The molecule has 1 aromatic heterocycles. The number of hydrogen-bond donors (Lipinski definition) is 0. The third-order valence-corrected chi connectivity index (χ3v) is 4.64. The number of halogens is 4. The van der Waals surface area contributed by atoms with Gasteiger partial charge in [0.25, 0.3) is 0 Å². The van der Waals surface area contributed by atoms with Crippen molar-refractivity contribution in [3.63, 3.8) is 0 Å². The molecule has 0 saturated carbocycles. The van der Waals surface area contributed by atoms with Gasteiger partial charge < -0.3 is 0 Å². The summed E-state index contributed by atoms with van der Waals surface area (Å²) in [5, 5.41) is 1.52. The lowest BCUT2D eigenvalue weighted by Gasteiger charge is -2.12. The Hall–Kier alpha value is -0.640. The molecule has 0 saturated heterocycles. The van der Waals surface area contributed by atoms with Crippen molar-refractivity contribution in [2.45, 2.75) is 18.7 Å². The van der Waals surface area contributed by atoms with E-state index in [1.54, 1.807) is 0 Å². The summed E-state index contributed by atoms with van der Waals surface area (Å²) in [6.45, 7) is 2.02. The lowest BCUT2D eigenvalue weighted by Crippen LogP contribution is -1.98. The first-order chi connectivity index (χ1) is 8.54. The molecule has 1 atom stereocenters. The third kappa shape index (κ3) is 2.53. The fourth-order valence-electron chi connectivity index (χ4n) is 1.74. The molecule has 0 amide bonds. The molecule has 0 radical (unpaired) electrons. The molecular weight excluding hydrogens is 297 g/mol. The van der Waals surface area contributed by atoms with Crippen molar-refractivity contribution in [3.8, 4) is 0 Å². The van der Waals surface area contributed by atoms with Gasteiger partial charge in [-0.2, -0.15) is 0 Å². The second kappa shape index (κ2) is 5.55. The van der Waals surface area contributed by atoms with Crippen molar-refractivity contribution in [1.82, 2.24) is 0 Å². The van der Waals surface area contributed by atoms with Gasteiger partial charge in [-0.15, -0.1) is 22.9 Å². The minimum atomic E-state index is -0.963. The Balaban J connectivity index is 2.46. The molecule has 1 unspecified atom stereocenters. The van der Waals surface area contributed by atoms with Crippen LogP contribution in [-0.2, 0) is 6.42 Å². The van der Waals surface area contributed by atoms with E-state index >= 15 is 0 Å². The van der Waals surface area contributed by atoms with Crippen molar-refractivity contribution in [3.05, 3.63) is 56.2 Å². The molecule has 0 N–H and O–H groups in total. The van der Waals surface area contributed by atoms with Crippen molar-refractivity contribution in [2.24, 2.45) is 0 Å². The van der Waals surface area contributed by atoms with Crippen LogP contribution >= 0.6 is 34.5 Å². The highest BCUT2D eigenvalue weighted by molar-refractivity contribution is 7.10. The van der Waals surface area contributed by atoms with Gasteiger partial charge in [0, 0.05) is 9.90 Å². The monoisotopic (exact) mass is 306 g/mol. The zero-order valence-electron chi connectivity index (χ0n) is 9.51. The molecule has 2 aromatic rings. The molecule has 0 nitrogen and oxygen atoms in total. The Morgan fingerprint density at radius 1 is 1.28 bits per heavy atom. The van der Waals surface area contributed by atoms with Crippen LogP contribution in [0.15, 0.2) is 23.6 Å². The van der Waals surface area contributed by atoms with E-state index in [0.29, 0.717) is 5.56 Å². The van der Waals surface area contributed by atoms with Crippen LogP contribution < -0.4 is 0 Å². The van der Waals surface area contributed by atoms with E-state index in [2.05, 4.69) is 0 Å². The molecule has 96 valence electrons. The highest BCUT2D eigenvalue weighted by Gasteiger charge is 2.20. The summed E-state index contributed by atoms with van der Waals surface area (Å²) in [7, 11) is 0. The average Bonchev–Trinajstić information content (AvgIpc) is 2.81. The molecule has 2 rings (SSSR count). The van der Waals surface area contributed by atoms with Crippen LogP contribution in [-0.4, -0.2) is 0 Å². The zero-order valence-corrected chi connectivity index (χ0v) is 11.8. The molecule has 18 heavy (non-hydrogen) atoms. The van der Waals surface area contributed by atoms with Gasteiger partial charge in [0.05, 0.1) is 5.38 Å². The molecule has 0 fully saturated rings. The van der Waals surface area contributed by atoms with E-state index in [0.717, 1.165) is 29.0 Å². The van der Waals surface area contributed by atoms with Crippen LogP contribution in [0.1, 0.15) is 28.3 Å². The summed E-state index contributed by atoms with van der Waals surface area (Å²) in [6.07, 6.45) is 0.837. The quantitative estimate of drug-likeness (QED) is 0.513. The number of aryl methyl sites for hydroxylation is 1. The van der Waals surface area contributed by atoms with E-state index < -0.39 is 17.0 Å². The molecule has 1 heterocycles. The topological polar surface area (TPSA) is 0 Å². The number of hydrogen-bond acceptors (Lipinski definition) is 1. The fraction of sp³-hybridized carbons (Fsp3) is 0.231. The Morgan fingerprint density at radius 3 is 2.61 bits per heavy atom. The van der Waals surface area contributed by atoms with E-state index in [1.807, 2.05) is 18.4 Å². The molecule has 0 bridgehead atoms. The van der Waals surface area contributed by atoms with Crippen molar-refractivity contribution >= 4 is 34.5 Å². The summed E-state index contributed by atoms with van der Waals surface area (Å²) in [5.74, 6) is -1.90. The Bertz CT molecular complexity index is 566. The Kier molecular flexibility index (Phi) is 4.25. The van der Waals surface area contributed by atoms with Crippen LogP contribution in [0.25, 0.3) is 0 Å². The maximum absolute atomic E-state index is 13.3. The van der Waals surface area contributed by atoms with Gasteiger partial charge in [0.15, 0.2) is 11.6 Å². The lowest BCUT2D eigenvalue weighted by molar-refractivity contribution is 0.507. The third-order valence-electron chi connectivity index (χ3n) is 2.70. The van der Waals surface area contributed by atoms with E-state index in [1.165, 1.54) is 11.3 Å². The smallest absolute Gasteiger partial charge is 0.160 e. The maximum Gasteiger partial charge on any atom is 0.160 e. The molecule has 5 heteroatoms. The van der Waals surface area contributed by atoms with Crippen molar-refractivity contribution < 1.29 is 8.78 Å². The number of rotatable bonds is 3. The summed E-state index contributed by atoms with van der Waals surface area (Å²) in [5.41, 5.74) is 1.50. The standard InChI is InChI=1S/C13H10Cl2F2S/c1-2-7-3-4-18-13(7)12(15)8-5-10(16)11(17)6-9(8)14/h3-6,12H,2H2,1H3. The van der Waals surface area contributed by atoms with Gasteiger partial charge in [-0.25, -0.2) is 8.78 Å². The van der Waals surface area contributed by atoms with Crippen molar-refractivity contribution in [1.29, 1.82) is 0 Å². The van der Waals surface area contributed by atoms with Crippen LogP contribution in [0.5, 0.6) is 0 Å². The molecule has 1 aromatic carbocycles. The summed E-state index contributed by atoms with van der Waals surface area (Å²) >= 11 is 13.7. The Morgan fingerprint density at radius 2 is 1.94 bits per heavy atom. The first-order valence-electron chi connectivity index (χ1n) is 5.39. The number of benzene rings is 1. The number of thiophene rings is 1. The molecule has 0 aliphatic carbocycles. The second-order valence-corrected chi connectivity index (χ2v) is 5.61. The van der Waals surface area contributed by atoms with E-state index in [-0.39, 0.29) is 5.02 Å². The van der Waals surface area contributed by atoms with Crippen LogP contribution in [0.4, 0.5) is 8.78 Å². The van der Waals surface area contributed by atoms with Gasteiger partial charge in [0.2, 0.25) is 0 Å². The van der Waals surface area contributed by atoms with Crippen LogP contribution in [0.3, 0.4) is 0 Å². The largest absolute Gasteiger partial charge is 0.204 e. The Labute approximate surface area is 118 Å². The fourth-order valence-corrected chi connectivity index (χ4v) is 3.51. The van der Waals surface area contributed by atoms with Gasteiger partial charge in [0.1, 0.15) is 0 Å². The zero-order chi connectivity index (χ0) is 13.3. The molecule has 0 aliphatic heterocycles. The van der Waals surface area contributed by atoms with Crippen molar-refractivity contribution in [2.75, 3.05) is 0 Å². The lowest BCUT2D eigenvalue weighted by atomic mass is 10.1. The SMILES string of the molecule is CCc1ccsc1C(Cl)c1cc(F)c(F)cc1Cl. The van der Waals surface area contributed by atoms with Gasteiger partial charge >= 0.3 is 0 Å². The van der Waals surface area contributed by atoms with Gasteiger partial charge in [-0.3, -0.25) is 0 Å². The minimum absolute atomic E-state index is 0.143.